The number of nitrogens with two attached hydrogens (primary N) is 1. The molecule has 0 aromatic carbocycles. The molecule has 1 saturated heterocycles. The Balaban J connectivity index is 1.98. The lowest BCUT2D eigenvalue weighted by Gasteiger charge is -2.28. The van der Waals surface area contributed by atoms with Gasteiger partial charge in [-0.05, 0) is 26.8 Å². The first-order chi connectivity index (χ1) is 7.63. The van der Waals surface area contributed by atoms with Crippen molar-refractivity contribution in [3.63, 3.8) is 0 Å². The maximum Gasteiger partial charge on any atom is 0.223 e. The van der Waals surface area contributed by atoms with E-state index in [2.05, 4.69) is 21.9 Å². The van der Waals surface area contributed by atoms with E-state index >= 15 is 0 Å². The first-order valence-corrected chi connectivity index (χ1v) is 5.60. The second-order valence-electron chi connectivity index (χ2n) is 4.33. The van der Waals surface area contributed by atoms with E-state index in [0.29, 0.717) is 5.88 Å². The third-order valence-electron chi connectivity index (χ3n) is 2.80. The highest BCUT2D eigenvalue weighted by Crippen LogP contribution is 2.17. The largest absolute Gasteiger partial charge is 0.474 e. The van der Waals surface area contributed by atoms with E-state index < -0.39 is 0 Å². The molecule has 0 amide bonds. The average molecular weight is 222 g/mol. The van der Waals surface area contributed by atoms with Gasteiger partial charge in [0.25, 0.3) is 0 Å². The number of hydrogen-bond donors (Lipinski definition) is 1. The normalized spacial score (nSPS) is 18.6. The molecule has 0 spiro atoms. The van der Waals surface area contributed by atoms with Crippen LogP contribution in [0.2, 0.25) is 0 Å². The maximum absolute atomic E-state index is 5.81. The fourth-order valence-electron chi connectivity index (χ4n) is 1.90. The number of piperidine rings is 1. The number of nitrogens with zero attached hydrogens (tertiary/aromatic N) is 3. The van der Waals surface area contributed by atoms with E-state index in [-0.39, 0.29) is 12.1 Å². The maximum atomic E-state index is 5.81. The molecule has 1 aliphatic rings. The number of ether oxygens (including phenoxy) is 1. The summed E-state index contributed by atoms with van der Waals surface area (Å²) in [7, 11) is 2.13. The molecule has 16 heavy (non-hydrogen) atoms. The highest BCUT2D eigenvalue weighted by molar-refractivity contribution is 5.25. The molecule has 2 N–H and O–H groups in total. The molecule has 0 atom stereocenters. The van der Waals surface area contributed by atoms with Gasteiger partial charge in [0.05, 0.1) is 0 Å². The van der Waals surface area contributed by atoms with Gasteiger partial charge in [-0.1, -0.05) is 0 Å². The lowest BCUT2D eigenvalue weighted by Crippen LogP contribution is -2.35. The Kier molecular flexibility index (Phi) is 3.24. The summed E-state index contributed by atoms with van der Waals surface area (Å²) in [6.45, 7) is 4.04. The average Bonchev–Trinajstić information content (AvgIpc) is 2.20. The second kappa shape index (κ2) is 4.65. The third kappa shape index (κ3) is 2.82. The Labute approximate surface area is 95.6 Å². The van der Waals surface area contributed by atoms with Gasteiger partial charge in [-0.25, -0.2) is 4.98 Å². The van der Waals surface area contributed by atoms with Crippen molar-refractivity contribution < 1.29 is 4.74 Å². The van der Waals surface area contributed by atoms with Crippen molar-refractivity contribution in [2.75, 3.05) is 25.9 Å². The summed E-state index contributed by atoms with van der Waals surface area (Å²) in [5.41, 5.74) is 6.42. The Hall–Kier alpha value is -1.36. The van der Waals surface area contributed by atoms with Crippen molar-refractivity contribution in [2.45, 2.75) is 25.9 Å². The van der Waals surface area contributed by atoms with Crippen LogP contribution in [0.5, 0.6) is 5.88 Å². The molecule has 0 radical (unpaired) electrons. The number of aromatic nitrogens is 2. The van der Waals surface area contributed by atoms with Gasteiger partial charge >= 0.3 is 0 Å². The van der Waals surface area contributed by atoms with E-state index in [9.17, 15) is 0 Å². The number of rotatable bonds is 2. The number of nitrogen functional groups attached to an aromatic ring is 1. The van der Waals surface area contributed by atoms with Crippen molar-refractivity contribution in [2.24, 2.45) is 0 Å². The van der Waals surface area contributed by atoms with Crippen LogP contribution < -0.4 is 10.5 Å². The molecule has 0 unspecified atom stereocenters. The number of likely N-dealkylation sites (tertiary alicyclic amines) is 1. The SMILES string of the molecule is Cc1cc(OC2CCN(C)CC2)nc(N)n1. The van der Waals surface area contributed by atoms with Crippen LogP contribution in [0.15, 0.2) is 6.07 Å². The van der Waals surface area contributed by atoms with E-state index in [1.807, 2.05) is 13.0 Å². The molecular formula is C11H18N4O. The predicted molar refractivity (Wildman–Crippen MR) is 62.3 cm³/mol. The number of hydrogen-bond acceptors (Lipinski definition) is 5. The van der Waals surface area contributed by atoms with Crippen LogP contribution in [0.25, 0.3) is 0 Å². The summed E-state index contributed by atoms with van der Waals surface area (Å²) in [5, 5.41) is 0. The fraction of sp³-hybridized carbons (Fsp3) is 0.636. The van der Waals surface area contributed by atoms with Gasteiger partial charge in [0.15, 0.2) is 0 Å². The van der Waals surface area contributed by atoms with E-state index in [1.54, 1.807) is 0 Å². The van der Waals surface area contributed by atoms with E-state index in [4.69, 9.17) is 10.5 Å². The smallest absolute Gasteiger partial charge is 0.223 e. The minimum atomic E-state index is 0.255. The molecule has 1 aliphatic heterocycles. The van der Waals surface area contributed by atoms with Gasteiger partial charge in [0.2, 0.25) is 11.8 Å². The van der Waals surface area contributed by atoms with Crippen LogP contribution >= 0.6 is 0 Å². The molecule has 5 nitrogen and oxygen atoms in total. The van der Waals surface area contributed by atoms with E-state index in [0.717, 1.165) is 31.6 Å². The molecule has 0 bridgehead atoms. The summed E-state index contributed by atoms with van der Waals surface area (Å²) < 4.78 is 5.81. The fourth-order valence-corrected chi connectivity index (χ4v) is 1.90. The van der Waals surface area contributed by atoms with E-state index in [1.165, 1.54) is 0 Å². The molecule has 2 rings (SSSR count). The quantitative estimate of drug-likeness (QED) is 0.803. The molecule has 88 valence electrons. The van der Waals surface area contributed by atoms with Crippen LogP contribution in [0.1, 0.15) is 18.5 Å². The minimum Gasteiger partial charge on any atom is -0.474 e. The summed E-state index contributed by atoms with van der Waals surface area (Å²) in [5.74, 6) is 0.877. The van der Waals surface area contributed by atoms with Crippen molar-refractivity contribution in [1.29, 1.82) is 0 Å². The van der Waals surface area contributed by atoms with Crippen LogP contribution in [0, 0.1) is 6.92 Å². The highest BCUT2D eigenvalue weighted by Gasteiger charge is 2.18. The molecule has 1 aromatic heterocycles. The van der Waals surface area contributed by atoms with Gasteiger partial charge in [-0.15, -0.1) is 0 Å². The Morgan fingerprint density at radius 3 is 2.69 bits per heavy atom. The molecular weight excluding hydrogens is 204 g/mol. The first kappa shape index (κ1) is 11.1. The Morgan fingerprint density at radius 1 is 1.38 bits per heavy atom. The molecule has 0 aliphatic carbocycles. The standard InChI is InChI=1S/C11H18N4O/c1-8-7-10(14-11(12)13-8)16-9-3-5-15(2)6-4-9/h7,9H,3-6H2,1-2H3,(H2,12,13,14). The van der Waals surface area contributed by atoms with Crippen molar-refractivity contribution >= 4 is 5.95 Å². The lowest BCUT2D eigenvalue weighted by molar-refractivity contribution is 0.110. The molecule has 5 heteroatoms. The minimum absolute atomic E-state index is 0.255. The summed E-state index contributed by atoms with van der Waals surface area (Å²) >= 11 is 0. The number of aryl methyl sites for hydroxylation is 1. The Morgan fingerprint density at radius 2 is 2.06 bits per heavy atom. The summed E-state index contributed by atoms with van der Waals surface area (Å²) in [6.07, 6.45) is 2.34. The van der Waals surface area contributed by atoms with Crippen molar-refractivity contribution in [1.82, 2.24) is 14.9 Å². The zero-order valence-corrected chi connectivity index (χ0v) is 9.81. The highest BCUT2D eigenvalue weighted by atomic mass is 16.5. The second-order valence-corrected chi connectivity index (χ2v) is 4.33. The Bertz CT molecular complexity index is 341. The van der Waals surface area contributed by atoms with Gasteiger partial charge in [-0.3, -0.25) is 0 Å². The zero-order valence-electron chi connectivity index (χ0n) is 9.81. The molecule has 1 fully saturated rings. The van der Waals surface area contributed by atoms with Gasteiger partial charge < -0.3 is 15.4 Å². The summed E-state index contributed by atoms with van der Waals surface area (Å²) in [4.78, 5) is 10.4. The summed E-state index contributed by atoms with van der Waals surface area (Å²) in [6, 6.07) is 1.83. The van der Waals surface area contributed by atoms with Crippen LogP contribution in [0.3, 0.4) is 0 Å². The topological polar surface area (TPSA) is 64.3 Å². The predicted octanol–water partition coefficient (Wildman–Crippen LogP) is 0.840. The van der Waals surface area contributed by atoms with Crippen LogP contribution in [-0.2, 0) is 0 Å². The number of anilines is 1. The first-order valence-electron chi connectivity index (χ1n) is 5.60. The van der Waals surface area contributed by atoms with Crippen molar-refractivity contribution in [3.8, 4) is 5.88 Å². The van der Waals surface area contributed by atoms with Crippen LogP contribution in [0.4, 0.5) is 5.95 Å². The van der Waals surface area contributed by atoms with Gasteiger partial charge in [-0.2, -0.15) is 4.98 Å². The van der Waals surface area contributed by atoms with Crippen molar-refractivity contribution in [3.05, 3.63) is 11.8 Å². The van der Waals surface area contributed by atoms with Crippen LogP contribution in [-0.4, -0.2) is 41.1 Å². The molecule has 2 heterocycles. The third-order valence-corrected chi connectivity index (χ3v) is 2.80. The van der Waals surface area contributed by atoms with Gasteiger partial charge in [0, 0.05) is 24.8 Å². The lowest BCUT2D eigenvalue weighted by atomic mass is 10.1. The monoisotopic (exact) mass is 222 g/mol. The molecule has 1 aromatic rings. The molecule has 0 saturated carbocycles. The zero-order chi connectivity index (χ0) is 11.5. The van der Waals surface area contributed by atoms with Gasteiger partial charge in [0.1, 0.15) is 6.10 Å².